The quantitative estimate of drug-likeness (QED) is 0.855. The van der Waals surface area contributed by atoms with Crippen molar-refractivity contribution >= 4 is 33.0 Å². The number of benzene rings is 1. The third-order valence-electron chi connectivity index (χ3n) is 3.27. The number of fused-ring (bicyclic) bond motifs is 1. The van der Waals surface area contributed by atoms with Crippen molar-refractivity contribution in [1.82, 2.24) is 5.32 Å². The Hall–Kier alpha value is -1.55. The van der Waals surface area contributed by atoms with Crippen LogP contribution in [0.2, 0.25) is 0 Å². The van der Waals surface area contributed by atoms with E-state index in [2.05, 4.69) is 12.2 Å². The van der Waals surface area contributed by atoms with Crippen LogP contribution in [0.5, 0.6) is 0 Å². The Balaban J connectivity index is 1.94. The SMILES string of the molecule is CC1CC1NC(=O)c1sc2ccccc2c1N. The van der Waals surface area contributed by atoms with Gasteiger partial charge in [-0.3, -0.25) is 4.79 Å². The molecule has 1 aromatic carbocycles. The van der Waals surface area contributed by atoms with Crippen molar-refractivity contribution in [3.8, 4) is 0 Å². The summed E-state index contributed by atoms with van der Waals surface area (Å²) in [7, 11) is 0. The molecule has 1 aliphatic rings. The summed E-state index contributed by atoms with van der Waals surface area (Å²) in [5.41, 5.74) is 6.63. The van der Waals surface area contributed by atoms with E-state index in [1.807, 2.05) is 24.3 Å². The molecule has 1 fully saturated rings. The fourth-order valence-electron chi connectivity index (χ4n) is 1.99. The van der Waals surface area contributed by atoms with Gasteiger partial charge in [-0.1, -0.05) is 25.1 Å². The average molecular weight is 246 g/mol. The van der Waals surface area contributed by atoms with Crippen molar-refractivity contribution in [2.45, 2.75) is 19.4 Å². The highest BCUT2D eigenvalue weighted by atomic mass is 32.1. The normalized spacial score (nSPS) is 22.6. The molecule has 1 heterocycles. The molecule has 2 aromatic rings. The lowest BCUT2D eigenvalue weighted by Gasteiger charge is -2.02. The second-order valence-corrected chi connectivity index (χ2v) is 5.69. The third kappa shape index (κ3) is 1.78. The molecule has 2 atom stereocenters. The molecule has 3 N–H and O–H groups in total. The van der Waals surface area contributed by atoms with Crippen LogP contribution in [0.1, 0.15) is 23.0 Å². The summed E-state index contributed by atoms with van der Waals surface area (Å²) >= 11 is 1.47. The van der Waals surface area contributed by atoms with Gasteiger partial charge in [-0.25, -0.2) is 0 Å². The molecule has 1 aromatic heterocycles. The Labute approximate surface area is 104 Å². The first-order valence-electron chi connectivity index (χ1n) is 5.74. The standard InChI is InChI=1S/C13H14N2OS/c1-7-6-9(7)15-13(16)12-11(14)8-4-2-3-5-10(8)17-12/h2-5,7,9H,6,14H2,1H3,(H,15,16). The van der Waals surface area contributed by atoms with Gasteiger partial charge < -0.3 is 11.1 Å². The maximum absolute atomic E-state index is 12.1. The molecular formula is C13H14N2OS. The molecule has 1 saturated carbocycles. The van der Waals surface area contributed by atoms with E-state index in [1.54, 1.807) is 0 Å². The number of hydrogen-bond acceptors (Lipinski definition) is 3. The van der Waals surface area contributed by atoms with Gasteiger partial charge in [0.25, 0.3) is 5.91 Å². The maximum Gasteiger partial charge on any atom is 0.263 e. The Kier molecular flexibility index (Phi) is 2.33. The summed E-state index contributed by atoms with van der Waals surface area (Å²) in [4.78, 5) is 12.7. The van der Waals surface area contributed by atoms with Crippen molar-refractivity contribution in [3.63, 3.8) is 0 Å². The van der Waals surface area contributed by atoms with Crippen LogP contribution < -0.4 is 11.1 Å². The molecule has 0 aliphatic heterocycles. The molecular weight excluding hydrogens is 232 g/mol. The van der Waals surface area contributed by atoms with E-state index in [9.17, 15) is 4.79 Å². The highest BCUT2D eigenvalue weighted by Gasteiger charge is 2.34. The molecule has 0 spiro atoms. The molecule has 0 bridgehead atoms. The fraction of sp³-hybridized carbons (Fsp3) is 0.308. The predicted molar refractivity (Wildman–Crippen MR) is 71.3 cm³/mol. The van der Waals surface area contributed by atoms with Crippen molar-refractivity contribution in [2.24, 2.45) is 5.92 Å². The van der Waals surface area contributed by atoms with Crippen LogP contribution in [-0.4, -0.2) is 11.9 Å². The van der Waals surface area contributed by atoms with Crippen LogP contribution in [0, 0.1) is 5.92 Å². The second kappa shape index (κ2) is 3.74. The van der Waals surface area contributed by atoms with Gasteiger partial charge in [0.1, 0.15) is 4.88 Å². The Morgan fingerprint density at radius 1 is 1.47 bits per heavy atom. The van der Waals surface area contributed by atoms with Crippen molar-refractivity contribution in [3.05, 3.63) is 29.1 Å². The number of carbonyl (C=O) groups is 1. The van der Waals surface area contributed by atoms with Crippen LogP contribution in [0.4, 0.5) is 5.69 Å². The van der Waals surface area contributed by atoms with Crippen molar-refractivity contribution < 1.29 is 4.79 Å². The van der Waals surface area contributed by atoms with Crippen molar-refractivity contribution in [2.75, 3.05) is 5.73 Å². The van der Waals surface area contributed by atoms with E-state index in [0.29, 0.717) is 22.5 Å². The van der Waals surface area contributed by atoms with E-state index in [4.69, 9.17) is 5.73 Å². The number of thiophene rings is 1. The zero-order chi connectivity index (χ0) is 12.0. The van der Waals surface area contributed by atoms with Gasteiger partial charge >= 0.3 is 0 Å². The van der Waals surface area contributed by atoms with E-state index < -0.39 is 0 Å². The maximum atomic E-state index is 12.1. The van der Waals surface area contributed by atoms with Gasteiger partial charge in [0.15, 0.2) is 0 Å². The third-order valence-corrected chi connectivity index (χ3v) is 4.45. The first-order chi connectivity index (χ1) is 8.16. The lowest BCUT2D eigenvalue weighted by Crippen LogP contribution is -2.26. The molecule has 1 aliphatic carbocycles. The number of amides is 1. The molecule has 0 radical (unpaired) electrons. The summed E-state index contributed by atoms with van der Waals surface area (Å²) < 4.78 is 1.07. The van der Waals surface area contributed by atoms with E-state index in [0.717, 1.165) is 16.5 Å². The summed E-state index contributed by atoms with van der Waals surface area (Å²) in [6.45, 7) is 2.14. The summed E-state index contributed by atoms with van der Waals surface area (Å²) in [6, 6.07) is 8.19. The predicted octanol–water partition coefficient (Wildman–Crippen LogP) is 2.62. The molecule has 1 amide bonds. The summed E-state index contributed by atoms with van der Waals surface area (Å²) in [6.07, 6.45) is 1.08. The average Bonchev–Trinajstić information content (AvgIpc) is 2.89. The molecule has 2 unspecified atom stereocenters. The highest BCUT2D eigenvalue weighted by Crippen LogP contribution is 2.35. The minimum absolute atomic E-state index is 0.0296. The fourth-order valence-corrected chi connectivity index (χ4v) is 3.02. The van der Waals surface area contributed by atoms with Gasteiger partial charge in [-0.15, -0.1) is 11.3 Å². The lowest BCUT2D eigenvalue weighted by molar-refractivity contribution is 0.0954. The highest BCUT2D eigenvalue weighted by molar-refractivity contribution is 7.21. The second-order valence-electron chi connectivity index (χ2n) is 4.63. The van der Waals surface area contributed by atoms with Gasteiger partial charge in [0.2, 0.25) is 0 Å². The number of rotatable bonds is 2. The van der Waals surface area contributed by atoms with E-state index in [1.165, 1.54) is 11.3 Å². The van der Waals surface area contributed by atoms with Gasteiger partial charge in [-0.05, 0) is 18.4 Å². The smallest absolute Gasteiger partial charge is 0.263 e. The number of hydrogen-bond donors (Lipinski definition) is 2. The number of nitrogen functional groups attached to an aromatic ring is 1. The van der Waals surface area contributed by atoms with Crippen LogP contribution in [0.25, 0.3) is 10.1 Å². The van der Waals surface area contributed by atoms with Gasteiger partial charge in [0.05, 0.1) is 5.69 Å². The van der Waals surface area contributed by atoms with Crippen LogP contribution >= 0.6 is 11.3 Å². The molecule has 17 heavy (non-hydrogen) atoms. The molecule has 3 rings (SSSR count). The molecule has 0 saturated heterocycles. The first kappa shape index (κ1) is 10.6. The lowest BCUT2D eigenvalue weighted by atomic mass is 10.2. The molecule has 3 nitrogen and oxygen atoms in total. The number of nitrogens with one attached hydrogen (secondary N) is 1. The minimum Gasteiger partial charge on any atom is -0.397 e. The largest absolute Gasteiger partial charge is 0.397 e. The Morgan fingerprint density at radius 2 is 2.18 bits per heavy atom. The summed E-state index contributed by atoms with van der Waals surface area (Å²) in [5.74, 6) is 0.576. The number of nitrogens with two attached hydrogens (primary N) is 1. The number of anilines is 1. The van der Waals surface area contributed by atoms with Crippen LogP contribution in [0.15, 0.2) is 24.3 Å². The van der Waals surface area contributed by atoms with Gasteiger partial charge in [-0.2, -0.15) is 0 Å². The zero-order valence-electron chi connectivity index (χ0n) is 9.57. The minimum atomic E-state index is -0.0296. The van der Waals surface area contributed by atoms with E-state index in [-0.39, 0.29) is 5.91 Å². The number of carbonyl (C=O) groups excluding carboxylic acids is 1. The van der Waals surface area contributed by atoms with Gasteiger partial charge in [0, 0.05) is 16.1 Å². The summed E-state index contributed by atoms with van der Waals surface area (Å²) in [5, 5.41) is 3.99. The Morgan fingerprint density at radius 3 is 2.82 bits per heavy atom. The molecule has 88 valence electrons. The van der Waals surface area contributed by atoms with Crippen molar-refractivity contribution in [1.29, 1.82) is 0 Å². The molecule has 4 heteroatoms. The van der Waals surface area contributed by atoms with E-state index >= 15 is 0 Å². The van der Waals surface area contributed by atoms with Crippen LogP contribution in [0.3, 0.4) is 0 Å². The first-order valence-corrected chi connectivity index (χ1v) is 6.56. The Bertz CT molecular complexity index is 590. The van der Waals surface area contributed by atoms with Crippen LogP contribution in [-0.2, 0) is 0 Å². The topological polar surface area (TPSA) is 55.1 Å². The monoisotopic (exact) mass is 246 g/mol. The zero-order valence-corrected chi connectivity index (χ0v) is 10.4.